The van der Waals surface area contributed by atoms with E-state index in [1.807, 2.05) is 0 Å². The minimum Gasteiger partial charge on any atom is -0.357 e. The lowest BCUT2D eigenvalue weighted by atomic mass is 9.89. The number of aromatic amines is 1. The molecule has 2 aromatic rings. The fraction of sp³-hybridized carbons (Fsp3) is 0.680. The molecule has 3 N–H and O–H groups in total. The molecule has 2 fully saturated rings. The van der Waals surface area contributed by atoms with E-state index in [9.17, 15) is 0 Å². The van der Waals surface area contributed by atoms with Crippen LogP contribution >= 0.6 is 0 Å². The topological polar surface area (TPSA) is 39.9 Å². The van der Waals surface area contributed by atoms with Gasteiger partial charge in [0.2, 0.25) is 0 Å². The van der Waals surface area contributed by atoms with Gasteiger partial charge in [-0.05, 0) is 68.2 Å². The van der Waals surface area contributed by atoms with Gasteiger partial charge in [-0.3, -0.25) is 0 Å². The van der Waals surface area contributed by atoms with Crippen LogP contribution in [0.2, 0.25) is 0 Å². The first-order valence-electron chi connectivity index (χ1n) is 12.0. The van der Waals surface area contributed by atoms with Crippen molar-refractivity contribution in [3.8, 4) is 0 Å². The lowest BCUT2D eigenvalue weighted by Gasteiger charge is -2.31. The molecule has 0 saturated heterocycles. The third-order valence-electron chi connectivity index (χ3n) is 7.51. The SMILES string of the molecule is c1cc2[nH]c3c(c2cc1CNC1CCCCC1)CCCC3NC1CCCCC1. The molecule has 0 spiro atoms. The highest BCUT2D eigenvalue weighted by Gasteiger charge is 2.27. The highest BCUT2D eigenvalue weighted by atomic mass is 15.0. The van der Waals surface area contributed by atoms with Gasteiger partial charge in [-0.1, -0.05) is 44.6 Å². The second-order valence-corrected chi connectivity index (χ2v) is 9.56. The van der Waals surface area contributed by atoms with E-state index in [2.05, 4.69) is 33.8 Å². The predicted octanol–water partition coefficient (Wildman–Crippen LogP) is 5.89. The van der Waals surface area contributed by atoms with Crippen LogP contribution in [-0.4, -0.2) is 17.1 Å². The molecular formula is C25H37N3. The van der Waals surface area contributed by atoms with Crippen molar-refractivity contribution in [3.63, 3.8) is 0 Å². The van der Waals surface area contributed by atoms with Gasteiger partial charge in [-0.15, -0.1) is 0 Å². The number of fused-ring (bicyclic) bond motifs is 3. The molecule has 28 heavy (non-hydrogen) atoms. The highest BCUT2D eigenvalue weighted by molar-refractivity contribution is 5.85. The van der Waals surface area contributed by atoms with Gasteiger partial charge in [0.15, 0.2) is 0 Å². The number of hydrogen-bond donors (Lipinski definition) is 3. The van der Waals surface area contributed by atoms with Crippen molar-refractivity contribution in [1.82, 2.24) is 15.6 Å². The van der Waals surface area contributed by atoms with Gasteiger partial charge in [-0.2, -0.15) is 0 Å². The van der Waals surface area contributed by atoms with Crippen LogP contribution in [0.25, 0.3) is 10.9 Å². The number of hydrogen-bond acceptors (Lipinski definition) is 2. The summed E-state index contributed by atoms with van der Waals surface area (Å²) in [6.07, 6.45) is 17.7. The third-order valence-corrected chi connectivity index (χ3v) is 7.51. The normalized spacial score (nSPS) is 24.5. The van der Waals surface area contributed by atoms with Crippen LogP contribution < -0.4 is 10.6 Å². The first kappa shape index (κ1) is 18.7. The Morgan fingerprint density at radius 1 is 0.821 bits per heavy atom. The van der Waals surface area contributed by atoms with Crippen LogP contribution in [0, 0.1) is 0 Å². The second kappa shape index (κ2) is 8.59. The van der Waals surface area contributed by atoms with Gasteiger partial charge >= 0.3 is 0 Å². The third kappa shape index (κ3) is 4.02. The summed E-state index contributed by atoms with van der Waals surface area (Å²) in [6.45, 7) is 1.02. The molecular weight excluding hydrogens is 342 g/mol. The Morgan fingerprint density at radius 3 is 2.36 bits per heavy atom. The molecule has 1 unspecified atom stereocenters. The quantitative estimate of drug-likeness (QED) is 0.606. The number of rotatable bonds is 5. The van der Waals surface area contributed by atoms with Crippen LogP contribution in [-0.2, 0) is 13.0 Å². The van der Waals surface area contributed by atoms with Gasteiger partial charge in [0.05, 0.1) is 0 Å². The minimum atomic E-state index is 0.531. The highest BCUT2D eigenvalue weighted by Crippen LogP contribution is 2.36. The summed E-state index contributed by atoms with van der Waals surface area (Å²) in [7, 11) is 0. The molecule has 3 aliphatic rings. The Hall–Kier alpha value is -1.32. The number of benzene rings is 1. The monoisotopic (exact) mass is 379 g/mol. The first-order chi connectivity index (χ1) is 13.9. The molecule has 3 aliphatic carbocycles. The fourth-order valence-electron chi connectivity index (χ4n) is 5.91. The number of nitrogens with one attached hydrogen (secondary N) is 3. The minimum absolute atomic E-state index is 0.531. The number of aryl methyl sites for hydroxylation is 1. The van der Waals surface area contributed by atoms with E-state index in [0.29, 0.717) is 6.04 Å². The molecule has 3 heteroatoms. The summed E-state index contributed by atoms with van der Waals surface area (Å²) in [5, 5.41) is 9.31. The number of aromatic nitrogens is 1. The Labute approximate surface area is 170 Å². The maximum atomic E-state index is 4.01. The van der Waals surface area contributed by atoms with Crippen molar-refractivity contribution in [3.05, 3.63) is 35.0 Å². The smallest absolute Gasteiger partial charge is 0.0478 e. The summed E-state index contributed by atoms with van der Waals surface area (Å²) in [5.74, 6) is 0. The molecule has 0 radical (unpaired) electrons. The van der Waals surface area contributed by atoms with Crippen LogP contribution in [0.5, 0.6) is 0 Å². The van der Waals surface area contributed by atoms with Crippen LogP contribution in [0.3, 0.4) is 0 Å². The largest absolute Gasteiger partial charge is 0.357 e. The van der Waals surface area contributed by atoms with Gasteiger partial charge < -0.3 is 15.6 Å². The zero-order valence-electron chi connectivity index (χ0n) is 17.4. The van der Waals surface area contributed by atoms with Crippen molar-refractivity contribution in [2.45, 2.75) is 108 Å². The molecule has 2 saturated carbocycles. The molecule has 0 aliphatic heterocycles. The van der Waals surface area contributed by atoms with E-state index in [0.717, 1.165) is 18.6 Å². The lowest BCUT2D eigenvalue weighted by Crippen LogP contribution is -2.36. The predicted molar refractivity (Wildman–Crippen MR) is 118 cm³/mol. The lowest BCUT2D eigenvalue weighted by molar-refractivity contribution is 0.318. The molecule has 152 valence electrons. The van der Waals surface area contributed by atoms with Crippen LogP contribution in [0.4, 0.5) is 0 Å². The zero-order valence-corrected chi connectivity index (χ0v) is 17.4. The molecule has 1 aromatic heterocycles. The van der Waals surface area contributed by atoms with E-state index >= 15 is 0 Å². The first-order valence-corrected chi connectivity index (χ1v) is 12.0. The van der Waals surface area contributed by atoms with Gasteiger partial charge in [-0.25, -0.2) is 0 Å². The molecule has 1 atom stereocenters. The van der Waals surface area contributed by atoms with Crippen molar-refractivity contribution in [2.75, 3.05) is 0 Å². The molecule has 1 aromatic carbocycles. The molecule has 0 bridgehead atoms. The number of H-pyrrole nitrogens is 1. The van der Waals surface area contributed by atoms with E-state index < -0.39 is 0 Å². The molecule has 0 amide bonds. The van der Waals surface area contributed by atoms with Gasteiger partial charge in [0.1, 0.15) is 0 Å². The average Bonchev–Trinajstić information content (AvgIpc) is 3.13. The van der Waals surface area contributed by atoms with Crippen molar-refractivity contribution in [2.24, 2.45) is 0 Å². The standard InChI is InChI=1S/C25H37N3/c1-3-8-19(9-4-1)26-17-18-14-15-23-22(16-18)21-12-7-13-24(25(21)28-23)27-20-10-5-2-6-11-20/h14-16,19-20,24,26-28H,1-13,17H2. The van der Waals surface area contributed by atoms with Gasteiger partial charge in [0.25, 0.3) is 0 Å². The molecule has 1 heterocycles. The zero-order chi connectivity index (χ0) is 18.8. The summed E-state index contributed by atoms with van der Waals surface area (Å²) < 4.78 is 0. The second-order valence-electron chi connectivity index (χ2n) is 9.56. The van der Waals surface area contributed by atoms with Crippen molar-refractivity contribution in [1.29, 1.82) is 0 Å². The van der Waals surface area contributed by atoms with Gasteiger partial charge in [0, 0.05) is 41.3 Å². The summed E-state index contributed by atoms with van der Waals surface area (Å²) in [4.78, 5) is 3.81. The van der Waals surface area contributed by atoms with E-state index in [1.54, 1.807) is 5.56 Å². The Bertz CT molecular complexity index is 780. The Balaban J connectivity index is 1.32. The van der Waals surface area contributed by atoms with Crippen molar-refractivity contribution >= 4 is 10.9 Å². The summed E-state index contributed by atoms with van der Waals surface area (Å²) >= 11 is 0. The van der Waals surface area contributed by atoms with E-state index in [4.69, 9.17) is 0 Å². The van der Waals surface area contributed by atoms with E-state index in [-0.39, 0.29) is 0 Å². The maximum absolute atomic E-state index is 4.01. The van der Waals surface area contributed by atoms with Crippen molar-refractivity contribution < 1.29 is 0 Å². The van der Waals surface area contributed by atoms with Crippen LogP contribution in [0.15, 0.2) is 18.2 Å². The van der Waals surface area contributed by atoms with E-state index in [1.165, 1.54) is 106 Å². The fourth-order valence-corrected chi connectivity index (χ4v) is 5.91. The average molecular weight is 380 g/mol. The summed E-state index contributed by atoms with van der Waals surface area (Å²) in [5.41, 5.74) is 5.87. The maximum Gasteiger partial charge on any atom is 0.0478 e. The molecule has 5 rings (SSSR count). The summed E-state index contributed by atoms with van der Waals surface area (Å²) in [6, 6.07) is 9.10. The Kier molecular flexibility index (Phi) is 5.73. The Morgan fingerprint density at radius 2 is 1.57 bits per heavy atom. The van der Waals surface area contributed by atoms with Crippen LogP contribution in [0.1, 0.15) is 99.9 Å². The molecule has 3 nitrogen and oxygen atoms in total.